The summed E-state index contributed by atoms with van der Waals surface area (Å²) in [6, 6.07) is 7.84. The van der Waals surface area contributed by atoms with Gasteiger partial charge in [0, 0.05) is 36.8 Å². The number of hydrogen-bond acceptors (Lipinski definition) is 5. The van der Waals surface area contributed by atoms with E-state index in [1.165, 1.54) is 13.0 Å². The Morgan fingerprint density at radius 1 is 1.37 bits per heavy atom. The summed E-state index contributed by atoms with van der Waals surface area (Å²) in [4.78, 5) is 11.2. The van der Waals surface area contributed by atoms with Crippen molar-refractivity contribution >= 4 is 17.6 Å². The summed E-state index contributed by atoms with van der Waals surface area (Å²) in [6.45, 7) is 6.10. The highest BCUT2D eigenvalue weighted by atomic mass is 35.5. The molecule has 0 unspecified atom stereocenters. The molecule has 1 saturated heterocycles. The lowest BCUT2D eigenvalue weighted by molar-refractivity contribution is 0.206. The summed E-state index contributed by atoms with van der Waals surface area (Å²) >= 11 is 6.02. The minimum atomic E-state index is 0.419. The second kappa shape index (κ2) is 9.71. The van der Waals surface area contributed by atoms with Crippen LogP contribution in [0.1, 0.15) is 32.1 Å². The van der Waals surface area contributed by atoms with E-state index in [1.54, 1.807) is 7.05 Å². The highest BCUT2D eigenvalue weighted by molar-refractivity contribution is 6.30. The molecule has 0 radical (unpaired) electrons. The molecule has 0 saturated carbocycles. The van der Waals surface area contributed by atoms with E-state index < -0.39 is 0 Å². The van der Waals surface area contributed by atoms with Crippen LogP contribution in [0.2, 0.25) is 5.02 Å². The maximum Gasteiger partial charge on any atom is 0.246 e. The van der Waals surface area contributed by atoms with Gasteiger partial charge in [-0.05, 0) is 37.9 Å². The van der Waals surface area contributed by atoms with Crippen LogP contribution in [0.4, 0.5) is 0 Å². The Bertz CT molecular complexity index is 754. The molecule has 1 aliphatic heterocycles. The van der Waals surface area contributed by atoms with Crippen molar-refractivity contribution < 1.29 is 4.52 Å². The largest absolute Gasteiger partial charge is 0.354 e. The third-order valence-corrected chi connectivity index (χ3v) is 4.88. The predicted molar refractivity (Wildman–Crippen MR) is 108 cm³/mol. The topological polar surface area (TPSA) is 78.6 Å². The standard InChI is InChI=1S/C19H27ClN6O/c1-3-9-26-10-7-16(8-11-26)23-19(21-2)22-13-17-24-18(25-27-17)14-5-4-6-15(20)12-14/h4-6,12,16H,3,7-11,13H2,1-2H3,(H2,21,22,23). The molecule has 2 heterocycles. The lowest BCUT2D eigenvalue weighted by Crippen LogP contribution is -2.48. The average Bonchev–Trinajstić information content (AvgIpc) is 3.16. The molecular weight excluding hydrogens is 364 g/mol. The number of piperidine rings is 1. The minimum Gasteiger partial charge on any atom is -0.354 e. The normalized spacial score (nSPS) is 16.5. The Morgan fingerprint density at radius 2 is 2.19 bits per heavy atom. The molecular formula is C19H27ClN6O. The van der Waals surface area contributed by atoms with Crippen LogP contribution in [-0.4, -0.2) is 53.7 Å². The highest BCUT2D eigenvalue weighted by Gasteiger charge is 2.19. The molecule has 8 heteroatoms. The number of nitrogens with one attached hydrogen (secondary N) is 2. The van der Waals surface area contributed by atoms with Crippen LogP contribution in [0, 0.1) is 0 Å². The maximum atomic E-state index is 6.02. The number of nitrogens with zero attached hydrogens (tertiary/aromatic N) is 4. The van der Waals surface area contributed by atoms with Gasteiger partial charge in [0.05, 0.1) is 6.54 Å². The fraction of sp³-hybridized carbons (Fsp3) is 0.526. The van der Waals surface area contributed by atoms with E-state index in [9.17, 15) is 0 Å². The van der Waals surface area contributed by atoms with E-state index in [4.69, 9.17) is 16.1 Å². The predicted octanol–water partition coefficient (Wildman–Crippen LogP) is 2.93. The fourth-order valence-electron chi connectivity index (χ4n) is 3.24. The van der Waals surface area contributed by atoms with Gasteiger partial charge in [0.25, 0.3) is 0 Å². The van der Waals surface area contributed by atoms with Gasteiger partial charge in [-0.1, -0.05) is 35.8 Å². The van der Waals surface area contributed by atoms with E-state index in [2.05, 4.69) is 37.6 Å². The molecule has 1 fully saturated rings. The number of hydrogen-bond donors (Lipinski definition) is 2. The van der Waals surface area contributed by atoms with Crippen LogP contribution in [0.15, 0.2) is 33.8 Å². The van der Waals surface area contributed by atoms with E-state index in [0.29, 0.717) is 29.3 Å². The third kappa shape index (κ3) is 5.68. The average molecular weight is 391 g/mol. The number of benzene rings is 1. The van der Waals surface area contributed by atoms with Gasteiger partial charge in [-0.3, -0.25) is 4.99 Å². The SMILES string of the molecule is CCCN1CCC(NC(=NC)NCc2nc(-c3cccc(Cl)c3)no2)CC1. The molecule has 0 atom stereocenters. The van der Waals surface area contributed by atoms with E-state index in [1.807, 2.05) is 24.3 Å². The molecule has 1 aliphatic rings. The zero-order valence-corrected chi connectivity index (χ0v) is 16.7. The van der Waals surface area contributed by atoms with Gasteiger partial charge >= 0.3 is 0 Å². The number of likely N-dealkylation sites (tertiary alicyclic amines) is 1. The first-order valence-corrected chi connectivity index (χ1v) is 9.83. The van der Waals surface area contributed by atoms with Crippen LogP contribution in [0.25, 0.3) is 11.4 Å². The van der Waals surface area contributed by atoms with Crippen molar-refractivity contribution in [3.8, 4) is 11.4 Å². The van der Waals surface area contributed by atoms with Gasteiger partial charge < -0.3 is 20.1 Å². The summed E-state index contributed by atoms with van der Waals surface area (Å²) in [5.74, 6) is 1.79. The first-order valence-electron chi connectivity index (χ1n) is 9.46. The molecule has 2 aromatic rings. The molecule has 146 valence electrons. The maximum absolute atomic E-state index is 6.02. The lowest BCUT2D eigenvalue weighted by atomic mass is 10.1. The first-order chi connectivity index (χ1) is 13.2. The van der Waals surface area contributed by atoms with Crippen molar-refractivity contribution in [1.29, 1.82) is 0 Å². The van der Waals surface area contributed by atoms with Crippen LogP contribution >= 0.6 is 11.6 Å². The Hall–Kier alpha value is -2.12. The fourth-order valence-corrected chi connectivity index (χ4v) is 3.43. The Labute approximate surface area is 165 Å². The van der Waals surface area contributed by atoms with Crippen LogP contribution in [0.3, 0.4) is 0 Å². The van der Waals surface area contributed by atoms with Gasteiger partial charge in [-0.25, -0.2) is 0 Å². The van der Waals surface area contributed by atoms with Crippen molar-refractivity contribution in [2.45, 2.75) is 38.8 Å². The van der Waals surface area contributed by atoms with E-state index >= 15 is 0 Å². The Kier molecular flexibility index (Phi) is 7.06. The molecule has 1 aromatic carbocycles. The number of rotatable bonds is 6. The van der Waals surface area contributed by atoms with Gasteiger partial charge in [0.1, 0.15) is 0 Å². The molecule has 0 bridgehead atoms. The number of aromatic nitrogens is 2. The van der Waals surface area contributed by atoms with Gasteiger partial charge in [0.15, 0.2) is 5.96 Å². The Balaban J connectivity index is 1.49. The summed E-state index contributed by atoms with van der Waals surface area (Å²) in [7, 11) is 1.77. The van der Waals surface area contributed by atoms with Gasteiger partial charge in [-0.2, -0.15) is 4.98 Å². The van der Waals surface area contributed by atoms with Gasteiger partial charge in [0.2, 0.25) is 11.7 Å². The van der Waals surface area contributed by atoms with Crippen molar-refractivity contribution in [2.75, 3.05) is 26.7 Å². The molecule has 1 aromatic heterocycles. The quantitative estimate of drug-likeness (QED) is 0.583. The number of aliphatic imine (C=N–C) groups is 1. The van der Waals surface area contributed by atoms with E-state index in [0.717, 1.165) is 37.5 Å². The zero-order valence-electron chi connectivity index (χ0n) is 15.9. The number of halogens is 1. The highest BCUT2D eigenvalue weighted by Crippen LogP contribution is 2.19. The monoisotopic (exact) mass is 390 g/mol. The van der Waals surface area contributed by atoms with Crippen molar-refractivity contribution in [2.24, 2.45) is 4.99 Å². The molecule has 0 amide bonds. The summed E-state index contributed by atoms with van der Waals surface area (Å²) in [5, 5.41) is 11.4. The third-order valence-electron chi connectivity index (χ3n) is 4.65. The van der Waals surface area contributed by atoms with Crippen molar-refractivity contribution in [1.82, 2.24) is 25.7 Å². The summed E-state index contributed by atoms with van der Waals surface area (Å²) in [5.41, 5.74) is 0.832. The molecule has 2 N–H and O–H groups in total. The van der Waals surface area contributed by atoms with Crippen LogP contribution in [-0.2, 0) is 6.54 Å². The second-order valence-electron chi connectivity index (χ2n) is 6.71. The van der Waals surface area contributed by atoms with Crippen LogP contribution < -0.4 is 10.6 Å². The number of guanidine groups is 1. The van der Waals surface area contributed by atoms with Crippen molar-refractivity contribution in [3.05, 3.63) is 35.2 Å². The molecule has 0 aliphatic carbocycles. The molecule has 3 rings (SSSR count). The smallest absolute Gasteiger partial charge is 0.246 e. The zero-order chi connectivity index (χ0) is 19.1. The molecule has 7 nitrogen and oxygen atoms in total. The second-order valence-corrected chi connectivity index (χ2v) is 7.14. The first kappa shape index (κ1) is 19.6. The van der Waals surface area contributed by atoms with Crippen LogP contribution in [0.5, 0.6) is 0 Å². The molecule has 27 heavy (non-hydrogen) atoms. The van der Waals surface area contributed by atoms with Gasteiger partial charge in [-0.15, -0.1) is 0 Å². The Morgan fingerprint density at radius 3 is 2.89 bits per heavy atom. The minimum absolute atomic E-state index is 0.419. The lowest BCUT2D eigenvalue weighted by Gasteiger charge is -2.32. The van der Waals surface area contributed by atoms with E-state index in [-0.39, 0.29) is 0 Å². The molecule has 0 spiro atoms. The summed E-state index contributed by atoms with van der Waals surface area (Å²) in [6.07, 6.45) is 3.46. The summed E-state index contributed by atoms with van der Waals surface area (Å²) < 4.78 is 5.33. The van der Waals surface area contributed by atoms with Crippen molar-refractivity contribution in [3.63, 3.8) is 0 Å².